The van der Waals surface area contributed by atoms with Gasteiger partial charge in [-0.25, -0.2) is 4.98 Å². The molecule has 6 heteroatoms. The highest BCUT2D eigenvalue weighted by Gasteiger charge is 2.39. The molecule has 5 nitrogen and oxygen atoms in total. The van der Waals surface area contributed by atoms with E-state index < -0.39 is 0 Å². The van der Waals surface area contributed by atoms with Crippen LogP contribution in [0.2, 0.25) is 0 Å². The minimum absolute atomic E-state index is 0.0233. The first kappa shape index (κ1) is 12.2. The zero-order valence-corrected chi connectivity index (χ0v) is 11.0. The molecule has 1 aromatic rings. The smallest absolute Gasteiger partial charge is 0.265 e. The van der Waals surface area contributed by atoms with Crippen molar-refractivity contribution in [2.24, 2.45) is 0 Å². The Hall–Kier alpha value is -1.30. The lowest BCUT2D eigenvalue weighted by Crippen LogP contribution is -2.34. The standard InChI is InChI=1S/C11H18N4OS/c1-3-6-13-10-14-8(12)7(17-10)9(16)15-11(2)4-5-11/h3-6,12H2,1-2H3,(H,13,14)(H,15,16). The lowest BCUT2D eigenvalue weighted by molar-refractivity contribution is 0.0940. The number of thiazole rings is 1. The van der Waals surface area contributed by atoms with E-state index in [0.717, 1.165) is 30.9 Å². The van der Waals surface area contributed by atoms with E-state index in [1.54, 1.807) is 0 Å². The molecule has 17 heavy (non-hydrogen) atoms. The molecule has 1 amide bonds. The second-order valence-electron chi connectivity index (χ2n) is 4.67. The predicted octanol–water partition coefficient (Wildman–Crippen LogP) is 1.83. The zero-order chi connectivity index (χ0) is 12.5. The van der Waals surface area contributed by atoms with Crippen LogP contribution in [0, 0.1) is 0 Å². The monoisotopic (exact) mass is 254 g/mol. The van der Waals surface area contributed by atoms with Crippen molar-refractivity contribution >= 4 is 28.2 Å². The largest absolute Gasteiger partial charge is 0.382 e. The van der Waals surface area contributed by atoms with Crippen molar-refractivity contribution in [3.63, 3.8) is 0 Å². The Morgan fingerprint density at radius 3 is 2.88 bits per heavy atom. The SMILES string of the molecule is CCCNc1nc(N)c(C(=O)NC2(C)CC2)s1. The summed E-state index contributed by atoms with van der Waals surface area (Å²) in [7, 11) is 0. The van der Waals surface area contributed by atoms with Crippen LogP contribution in [0.15, 0.2) is 0 Å². The molecular weight excluding hydrogens is 236 g/mol. The van der Waals surface area contributed by atoms with Crippen LogP contribution in [-0.4, -0.2) is 23.0 Å². The predicted molar refractivity (Wildman–Crippen MR) is 70.4 cm³/mol. The third-order valence-corrected chi connectivity index (χ3v) is 3.83. The normalized spacial score (nSPS) is 16.6. The molecule has 2 rings (SSSR count). The molecule has 0 atom stereocenters. The summed E-state index contributed by atoms with van der Waals surface area (Å²) in [4.78, 5) is 16.6. The maximum Gasteiger partial charge on any atom is 0.265 e. The van der Waals surface area contributed by atoms with E-state index in [9.17, 15) is 4.79 Å². The van der Waals surface area contributed by atoms with Gasteiger partial charge >= 0.3 is 0 Å². The van der Waals surface area contributed by atoms with Gasteiger partial charge in [0.15, 0.2) is 5.13 Å². The lowest BCUT2D eigenvalue weighted by atomic mass is 10.3. The van der Waals surface area contributed by atoms with E-state index in [1.807, 2.05) is 6.92 Å². The van der Waals surface area contributed by atoms with E-state index in [-0.39, 0.29) is 11.4 Å². The van der Waals surface area contributed by atoms with Crippen LogP contribution in [0.1, 0.15) is 42.8 Å². The number of amides is 1. The Bertz CT molecular complexity index is 425. The second-order valence-corrected chi connectivity index (χ2v) is 5.67. The van der Waals surface area contributed by atoms with Crippen molar-refractivity contribution in [2.75, 3.05) is 17.6 Å². The maximum absolute atomic E-state index is 12.0. The van der Waals surface area contributed by atoms with E-state index in [1.165, 1.54) is 11.3 Å². The van der Waals surface area contributed by atoms with Gasteiger partial charge in [0.05, 0.1) is 0 Å². The molecule has 1 aromatic heterocycles. The average molecular weight is 254 g/mol. The van der Waals surface area contributed by atoms with Gasteiger partial charge in [0.2, 0.25) is 0 Å². The van der Waals surface area contributed by atoms with Crippen LogP contribution in [0.25, 0.3) is 0 Å². The molecule has 1 saturated carbocycles. The van der Waals surface area contributed by atoms with Gasteiger partial charge in [-0.15, -0.1) is 0 Å². The highest BCUT2D eigenvalue weighted by atomic mass is 32.1. The molecule has 0 aromatic carbocycles. The minimum Gasteiger partial charge on any atom is -0.382 e. The summed E-state index contributed by atoms with van der Waals surface area (Å²) >= 11 is 1.32. The molecule has 0 spiro atoms. The summed E-state index contributed by atoms with van der Waals surface area (Å²) in [6, 6.07) is 0. The summed E-state index contributed by atoms with van der Waals surface area (Å²) in [5.74, 6) is 0.208. The average Bonchev–Trinajstić information content (AvgIpc) is 2.87. The molecule has 0 saturated heterocycles. The fourth-order valence-electron chi connectivity index (χ4n) is 1.45. The molecule has 0 aliphatic heterocycles. The van der Waals surface area contributed by atoms with Crippen molar-refractivity contribution < 1.29 is 4.79 Å². The topological polar surface area (TPSA) is 80.0 Å². The summed E-state index contributed by atoms with van der Waals surface area (Å²) in [5, 5.41) is 6.83. The van der Waals surface area contributed by atoms with Gasteiger partial charge in [0.1, 0.15) is 10.7 Å². The lowest BCUT2D eigenvalue weighted by Gasteiger charge is -2.09. The number of nitrogens with one attached hydrogen (secondary N) is 2. The number of carbonyl (C=O) groups is 1. The molecule has 4 N–H and O–H groups in total. The van der Waals surface area contributed by atoms with Crippen molar-refractivity contribution in [3.05, 3.63) is 4.88 Å². The minimum atomic E-state index is -0.107. The number of nitrogen functional groups attached to an aromatic ring is 1. The van der Waals surface area contributed by atoms with Gasteiger partial charge in [0, 0.05) is 12.1 Å². The summed E-state index contributed by atoms with van der Waals surface area (Å²) < 4.78 is 0. The molecule has 0 radical (unpaired) electrons. The van der Waals surface area contributed by atoms with E-state index in [0.29, 0.717) is 10.7 Å². The third kappa shape index (κ3) is 2.88. The molecule has 1 aliphatic carbocycles. The van der Waals surface area contributed by atoms with E-state index in [2.05, 4.69) is 22.5 Å². The summed E-state index contributed by atoms with van der Waals surface area (Å²) in [6.07, 6.45) is 3.09. The Kier molecular flexibility index (Phi) is 3.24. The molecule has 1 heterocycles. The van der Waals surface area contributed by atoms with Gasteiger partial charge in [-0.1, -0.05) is 18.3 Å². The Balaban J connectivity index is 2.04. The van der Waals surface area contributed by atoms with Crippen molar-refractivity contribution in [2.45, 2.75) is 38.6 Å². The van der Waals surface area contributed by atoms with E-state index in [4.69, 9.17) is 5.73 Å². The van der Waals surface area contributed by atoms with Crippen LogP contribution < -0.4 is 16.4 Å². The van der Waals surface area contributed by atoms with Gasteiger partial charge < -0.3 is 16.4 Å². The molecule has 0 bridgehead atoms. The summed E-state index contributed by atoms with van der Waals surface area (Å²) in [5.41, 5.74) is 5.73. The number of anilines is 2. The second kappa shape index (κ2) is 4.52. The molecular formula is C11H18N4OS. The Morgan fingerprint density at radius 2 is 2.29 bits per heavy atom. The number of nitrogens with zero attached hydrogens (tertiary/aromatic N) is 1. The zero-order valence-electron chi connectivity index (χ0n) is 10.2. The molecule has 94 valence electrons. The summed E-state index contributed by atoms with van der Waals surface area (Å²) in [6.45, 7) is 4.95. The number of hydrogen-bond donors (Lipinski definition) is 3. The first-order valence-corrected chi connectivity index (χ1v) is 6.68. The van der Waals surface area contributed by atoms with Crippen LogP contribution in [0.5, 0.6) is 0 Å². The van der Waals surface area contributed by atoms with Crippen molar-refractivity contribution in [3.8, 4) is 0 Å². The van der Waals surface area contributed by atoms with Crippen LogP contribution in [0.3, 0.4) is 0 Å². The first-order chi connectivity index (χ1) is 8.04. The Morgan fingerprint density at radius 1 is 1.59 bits per heavy atom. The van der Waals surface area contributed by atoms with Crippen LogP contribution in [0.4, 0.5) is 10.9 Å². The third-order valence-electron chi connectivity index (χ3n) is 2.80. The van der Waals surface area contributed by atoms with Gasteiger partial charge in [0.25, 0.3) is 5.91 Å². The number of aromatic nitrogens is 1. The number of hydrogen-bond acceptors (Lipinski definition) is 5. The maximum atomic E-state index is 12.0. The quantitative estimate of drug-likeness (QED) is 0.749. The van der Waals surface area contributed by atoms with Crippen LogP contribution >= 0.6 is 11.3 Å². The fourth-order valence-corrected chi connectivity index (χ4v) is 2.25. The van der Waals surface area contributed by atoms with E-state index >= 15 is 0 Å². The molecule has 0 unspecified atom stereocenters. The highest BCUT2D eigenvalue weighted by Crippen LogP contribution is 2.35. The van der Waals surface area contributed by atoms with Gasteiger partial charge in [-0.3, -0.25) is 4.79 Å². The van der Waals surface area contributed by atoms with Gasteiger partial charge in [-0.2, -0.15) is 0 Å². The number of nitrogens with two attached hydrogens (primary N) is 1. The van der Waals surface area contributed by atoms with Gasteiger partial charge in [-0.05, 0) is 26.2 Å². The number of carbonyl (C=O) groups excluding carboxylic acids is 1. The fraction of sp³-hybridized carbons (Fsp3) is 0.636. The highest BCUT2D eigenvalue weighted by molar-refractivity contribution is 7.18. The van der Waals surface area contributed by atoms with Crippen molar-refractivity contribution in [1.29, 1.82) is 0 Å². The van der Waals surface area contributed by atoms with Crippen LogP contribution in [-0.2, 0) is 0 Å². The first-order valence-electron chi connectivity index (χ1n) is 5.87. The molecule has 1 aliphatic rings. The number of rotatable bonds is 5. The molecule has 1 fully saturated rings. The Labute approximate surface area is 105 Å². The van der Waals surface area contributed by atoms with Crippen molar-refractivity contribution in [1.82, 2.24) is 10.3 Å².